The average molecular weight is 253 g/mol. The van der Waals surface area contributed by atoms with Crippen LogP contribution in [0.3, 0.4) is 0 Å². The molecule has 3 atom stereocenters. The minimum absolute atomic E-state index is 0.144. The van der Waals surface area contributed by atoms with E-state index >= 15 is 0 Å². The Hall–Kier alpha value is -0.492. The van der Waals surface area contributed by atoms with Gasteiger partial charge in [-0.3, -0.25) is 0 Å². The molecule has 0 radical (unpaired) electrons. The molecule has 1 heterocycles. The molecule has 1 aromatic rings. The Kier molecular flexibility index (Phi) is 1.88. The van der Waals surface area contributed by atoms with Crippen LogP contribution in [0.15, 0.2) is 24.3 Å². The standard InChI is InChI=1S/C11H13AsFN/c12-11-9-5-14(6-10(9)11)8-3-1-7(13)2-4-8/h1-4,9-11H,5-6,12H2. The second-order valence-corrected chi connectivity index (χ2v) is 5.90. The topological polar surface area (TPSA) is 3.24 Å². The number of nitrogens with zero attached hydrogens (tertiary/aromatic N) is 1. The fraction of sp³-hybridized carbons (Fsp3) is 0.455. The van der Waals surface area contributed by atoms with E-state index in [-0.39, 0.29) is 5.82 Å². The summed E-state index contributed by atoms with van der Waals surface area (Å²) in [5, 5.41) is 0. The Bertz CT molecular complexity index is 339. The summed E-state index contributed by atoms with van der Waals surface area (Å²) in [5.74, 6) is 1.72. The molecule has 1 saturated carbocycles. The van der Waals surface area contributed by atoms with Gasteiger partial charge >= 0.3 is 91.5 Å². The molecule has 1 aliphatic heterocycles. The van der Waals surface area contributed by atoms with Crippen molar-refractivity contribution in [3.8, 4) is 0 Å². The molecule has 0 aromatic heterocycles. The average Bonchev–Trinajstić information content (AvgIpc) is 2.66. The third-order valence-corrected chi connectivity index (χ3v) is 5.53. The van der Waals surface area contributed by atoms with E-state index in [1.807, 2.05) is 29.0 Å². The van der Waals surface area contributed by atoms with Crippen LogP contribution in [0.25, 0.3) is 0 Å². The fourth-order valence-electron chi connectivity index (χ4n) is 2.44. The summed E-state index contributed by atoms with van der Waals surface area (Å²) in [5.41, 5.74) is 1.18. The van der Waals surface area contributed by atoms with E-state index in [1.54, 1.807) is 12.1 Å². The van der Waals surface area contributed by atoms with Gasteiger partial charge in [0.1, 0.15) is 0 Å². The van der Waals surface area contributed by atoms with Gasteiger partial charge in [-0.2, -0.15) is 0 Å². The summed E-state index contributed by atoms with van der Waals surface area (Å²) in [4.78, 5) is 2.38. The molecule has 3 rings (SSSR count). The molecule has 0 bridgehead atoms. The molecule has 1 aromatic carbocycles. The molecule has 1 saturated heterocycles. The molecule has 1 nitrogen and oxygen atoms in total. The van der Waals surface area contributed by atoms with Gasteiger partial charge in [0, 0.05) is 0 Å². The number of hydrogen-bond donors (Lipinski definition) is 0. The van der Waals surface area contributed by atoms with Crippen LogP contribution in [0.5, 0.6) is 0 Å². The van der Waals surface area contributed by atoms with Gasteiger partial charge in [0.15, 0.2) is 0 Å². The van der Waals surface area contributed by atoms with E-state index in [4.69, 9.17) is 0 Å². The van der Waals surface area contributed by atoms with E-state index in [0.717, 1.165) is 16.5 Å². The predicted molar refractivity (Wildman–Crippen MR) is 57.9 cm³/mol. The van der Waals surface area contributed by atoms with Crippen LogP contribution in [-0.4, -0.2) is 29.9 Å². The molecule has 0 amide bonds. The maximum atomic E-state index is 12.7. The van der Waals surface area contributed by atoms with Crippen molar-refractivity contribution >= 4 is 22.5 Å². The molecule has 0 N–H and O–H groups in total. The first-order chi connectivity index (χ1) is 6.75. The molecule has 2 aliphatic rings. The number of piperidine rings is 1. The summed E-state index contributed by atoms with van der Waals surface area (Å²) in [7, 11) is 0. The van der Waals surface area contributed by atoms with Crippen molar-refractivity contribution in [2.45, 2.75) is 4.71 Å². The number of fused-ring (bicyclic) bond motifs is 1. The van der Waals surface area contributed by atoms with Gasteiger partial charge in [0.05, 0.1) is 0 Å². The van der Waals surface area contributed by atoms with E-state index in [1.165, 1.54) is 18.8 Å². The van der Waals surface area contributed by atoms with E-state index in [9.17, 15) is 4.39 Å². The number of hydrogen-bond acceptors (Lipinski definition) is 1. The van der Waals surface area contributed by atoms with Crippen LogP contribution in [0.1, 0.15) is 0 Å². The van der Waals surface area contributed by atoms with Crippen molar-refractivity contribution in [1.82, 2.24) is 0 Å². The molecular formula is C11H13AsFN. The van der Waals surface area contributed by atoms with Crippen LogP contribution < -0.4 is 4.90 Å². The van der Waals surface area contributed by atoms with Gasteiger partial charge in [0.2, 0.25) is 0 Å². The zero-order valence-corrected chi connectivity index (χ0v) is 10.3. The van der Waals surface area contributed by atoms with Crippen LogP contribution in [0.2, 0.25) is 4.71 Å². The number of benzene rings is 1. The summed E-state index contributed by atoms with van der Waals surface area (Å²) >= 11 is 1.89. The molecule has 1 aliphatic carbocycles. The Morgan fingerprint density at radius 1 is 1.14 bits per heavy atom. The quantitative estimate of drug-likeness (QED) is 0.682. The molecule has 3 heteroatoms. The van der Waals surface area contributed by atoms with Crippen molar-refractivity contribution in [2.75, 3.05) is 18.0 Å². The SMILES string of the molecule is Fc1ccc(N2CC3C([AsH2])C3C2)cc1. The number of halogens is 1. The molecule has 3 unspecified atom stereocenters. The van der Waals surface area contributed by atoms with E-state index in [2.05, 4.69) is 4.90 Å². The first-order valence-corrected chi connectivity index (χ1v) is 6.41. The van der Waals surface area contributed by atoms with Crippen LogP contribution in [0, 0.1) is 17.7 Å². The third kappa shape index (κ3) is 1.28. The first-order valence-electron chi connectivity index (χ1n) is 5.02. The summed E-state index contributed by atoms with van der Waals surface area (Å²) in [6.07, 6.45) is 0. The summed E-state index contributed by atoms with van der Waals surface area (Å²) in [6, 6.07) is 6.87. The Labute approximate surface area is 91.8 Å². The van der Waals surface area contributed by atoms with E-state index < -0.39 is 0 Å². The van der Waals surface area contributed by atoms with Crippen LogP contribution >= 0.6 is 0 Å². The summed E-state index contributed by atoms with van der Waals surface area (Å²) in [6.45, 7) is 2.36. The molecular weight excluding hydrogens is 240 g/mol. The molecule has 14 heavy (non-hydrogen) atoms. The van der Waals surface area contributed by atoms with E-state index in [0.29, 0.717) is 0 Å². The van der Waals surface area contributed by atoms with Crippen molar-refractivity contribution in [3.05, 3.63) is 30.1 Å². The first kappa shape index (κ1) is 8.79. The van der Waals surface area contributed by atoms with Gasteiger partial charge < -0.3 is 0 Å². The van der Waals surface area contributed by atoms with Crippen molar-refractivity contribution in [1.29, 1.82) is 0 Å². The van der Waals surface area contributed by atoms with Gasteiger partial charge in [-0.25, -0.2) is 0 Å². The molecule has 2 fully saturated rings. The fourth-order valence-corrected chi connectivity index (χ4v) is 3.87. The maximum absolute atomic E-state index is 12.7. The third-order valence-electron chi connectivity index (χ3n) is 3.45. The molecule has 74 valence electrons. The van der Waals surface area contributed by atoms with Gasteiger partial charge in [0.25, 0.3) is 0 Å². The Morgan fingerprint density at radius 2 is 1.71 bits per heavy atom. The predicted octanol–water partition coefficient (Wildman–Crippen LogP) is 1.31. The van der Waals surface area contributed by atoms with Crippen molar-refractivity contribution in [2.24, 2.45) is 11.8 Å². The second-order valence-electron chi connectivity index (χ2n) is 4.29. The van der Waals surface area contributed by atoms with Crippen molar-refractivity contribution in [3.63, 3.8) is 0 Å². The van der Waals surface area contributed by atoms with Gasteiger partial charge in [-0.05, 0) is 0 Å². The van der Waals surface area contributed by atoms with Crippen LogP contribution in [-0.2, 0) is 0 Å². The van der Waals surface area contributed by atoms with Crippen molar-refractivity contribution < 1.29 is 4.39 Å². The zero-order valence-electron chi connectivity index (χ0n) is 7.86. The summed E-state index contributed by atoms with van der Waals surface area (Å²) < 4.78 is 13.7. The molecule has 0 spiro atoms. The normalized spacial score (nSPS) is 34.4. The minimum atomic E-state index is -0.144. The van der Waals surface area contributed by atoms with Gasteiger partial charge in [-0.15, -0.1) is 0 Å². The Balaban J connectivity index is 1.76. The monoisotopic (exact) mass is 253 g/mol. The zero-order chi connectivity index (χ0) is 9.71. The Morgan fingerprint density at radius 3 is 2.29 bits per heavy atom. The second kappa shape index (κ2) is 3.00. The van der Waals surface area contributed by atoms with Gasteiger partial charge in [-0.1, -0.05) is 0 Å². The number of rotatable bonds is 1. The van der Waals surface area contributed by atoms with Crippen LogP contribution in [0.4, 0.5) is 10.1 Å². The number of anilines is 1.